The van der Waals surface area contributed by atoms with Crippen LogP contribution in [0.1, 0.15) is 57.8 Å². The molecule has 6 nitrogen and oxygen atoms in total. The Labute approximate surface area is 179 Å². The number of benzene rings is 1. The third-order valence-corrected chi connectivity index (χ3v) is 7.29. The third kappa shape index (κ3) is 4.40. The zero-order valence-electron chi connectivity index (χ0n) is 17.8. The van der Waals surface area contributed by atoms with Crippen molar-refractivity contribution in [3.8, 4) is 5.75 Å². The summed E-state index contributed by atoms with van der Waals surface area (Å²) in [4.78, 5) is 12.0. The van der Waals surface area contributed by atoms with Crippen LogP contribution >= 0.6 is 0 Å². The van der Waals surface area contributed by atoms with Crippen molar-refractivity contribution >= 4 is 16.9 Å². The summed E-state index contributed by atoms with van der Waals surface area (Å²) in [5.41, 5.74) is 0.891. The van der Waals surface area contributed by atoms with Crippen molar-refractivity contribution in [3.63, 3.8) is 0 Å². The monoisotopic (exact) mass is 410 g/mol. The molecule has 0 bridgehead atoms. The van der Waals surface area contributed by atoms with Crippen LogP contribution < -0.4 is 10.1 Å². The van der Waals surface area contributed by atoms with Crippen LogP contribution in [0.4, 0.5) is 5.95 Å². The van der Waals surface area contributed by atoms with Gasteiger partial charge in [0, 0.05) is 29.6 Å². The van der Waals surface area contributed by atoms with E-state index < -0.39 is 0 Å². The minimum atomic E-state index is -0.152. The molecule has 1 aromatic heterocycles. The number of aliphatic hydroxyl groups excluding tert-OH is 1. The smallest absolute Gasteiger partial charge is 0.223 e. The van der Waals surface area contributed by atoms with Crippen LogP contribution in [0.3, 0.4) is 0 Å². The van der Waals surface area contributed by atoms with Gasteiger partial charge in [-0.05, 0) is 70.5 Å². The molecule has 2 N–H and O–H groups in total. The summed E-state index contributed by atoms with van der Waals surface area (Å²) in [6, 6.07) is 7.14. The summed E-state index contributed by atoms with van der Waals surface area (Å²) in [5, 5.41) is 14.2. The first-order valence-electron chi connectivity index (χ1n) is 11.8. The van der Waals surface area contributed by atoms with Gasteiger partial charge in [-0.25, -0.2) is 9.97 Å². The number of hydrogen-bond acceptors (Lipinski definition) is 6. The fraction of sp³-hybridized carbons (Fsp3) is 0.667. The Bertz CT molecular complexity index is 850. The number of anilines is 1. The van der Waals surface area contributed by atoms with E-state index in [0.717, 1.165) is 48.9 Å². The van der Waals surface area contributed by atoms with Crippen LogP contribution in [-0.2, 0) is 0 Å². The number of nitrogens with one attached hydrogen (secondary N) is 1. The highest BCUT2D eigenvalue weighted by Crippen LogP contribution is 2.32. The van der Waals surface area contributed by atoms with Gasteiger partial charge in [-0.2, -0.15) is 0 Å². The van der Waals surface area contributed by atoms with E-state index in [1.54, 1.807) is 0 Å². The summed E-state index contributed by atoms with van der Waals surface area (Å²) < 4.78 is 6.39. The highest BCUT2D eigenvalue weighted by molar-refractivity contribution is 5.84. The van der Waals surface area contributed by atoms with Crippen molar-refractivity contribution in [1.82, 2.24) is 14.9 Å². The minimum Gasteiger partial charge on any atom is -0.491 e. The Morgan fingerprint density at radius 2 is 1.90 bits per heavy atom. The Morgan fingerprint density at radius 1 is 1.03 bits per heavy atom. The second-order valence-corrected chi connectivity index (χ2v) is 9.35. The molecule has 162 valence electrons. The standard InChI is InChI=1S/C24H34N4O2/c29-20-11-9-19(10-12-20)26-24-25-15-17-5-3-8-22(23(17)27-24)30-16-18-6-4-14-28-13-2-1-7-21(18)28/h3,5,8,15,18-21,29H,1-2,4,6-7,9-14,16H2,(H,25,26,27)/t18-,19-,20-,21+/m0/s1. The Kier molecular flexibility index (Phi) is 6.05. The Morgan fingerprint density at radius 3 is 2.80 bits per heavy atom. The molecular weight excluding hydrogens is 376 g/mol. The summed E-state index contributed by atoms with van der Waals surface area (Å²) in [6.07, 6.45) is 11.9. The lowest BCUT2D eigenvalue weighted by atomic mass is 9.84. The molecule has 1 aromatic carbocycles. The van der Waals surface area contributed by atoms with Gasteiger partial charge < -0.3 is 15.2 Å². The van der Waals surface area contributed by atoms with Crippen LogP contribution in [0.15, 0.2) is 24.4 Å². The van der Waals surface area contributed by atoms with Crippen molar-refractivity contribution in [3.05, 3.63) is 24.4 Å². The molecule has 2 saturated heterocycles. The Balaban J connectivity index is 1.29. The molecule has 1 saturated carbocycles. The molecule has 0 radical (unpaired) electrons. The van der Waals surface area contributed by atoms with Gasteiger partial charge in [-0.3, -0.25) is 4.90 Å². The molecule has 3 fully saturated rings. The van der Waals surface area contributed by atoms with Gasteiger partial charge >= 0.3 is 0 Å². The van der Waals surface area contributed by atoms with Crippen LogP contribution in [-0.4, -0.2) is 57.9 Å². The number of aromatic nitrogens is 2. The van der Waals surface area contributed by atoms with Crippen molar-refractivity contribution in [2.24, 2.45) is 5.92 Å². The van der Waals surface area contributed by atoms with Crippen LogP contribution in [0, 0.1) is 5.92 Å². The van der Waals surface area contributed by atoms with Gasteiger partial charge in [0.15, 0.2) is 0 Å². The van der Waals surface area contributed by atoms with Crippen molar-refractivity contribution in [1.29, 1.82) is 0 Å². The SMILES string of the molecule is O[C@H]1CC[C@H](Nc2ncc3cccc(OC[C@@H]4CCCN5CCCC[C@H]45)c3n2)CC1. The fourth-order valence-electron chi connectivity index (χ4n) is 5.59. The number of aliphatic hydroxyl groups is 1. The maximum Gasteiger partial charge on any atom is 0.223 e. The highest BCUT2D eigenvalue weighted by Gasteiger charge is 2.33. The predicted molar refractivity (Wildman–Crippen MR) is 119 cm³/mol. The number of piperidine rings is 2. The molecule has 6 heteroatoms. The molecule has 1 aliphatic carbocycles. The van der Waals surface area contributed by atoms with E-state index in [4.69, 9.17) is 9.72 Å². The average molecular weight is 411 g/mol. The molecule has 30 heavy (non-hydrogen) atoms. The van der Waals surface area contributed by atoms with Crippen molar-refractivity contribution < 1.29 is 9.84 Å². The van der Waals surface area contributed by atoms with E-state index in [-0.39, 0.29) is 6.10 Å². The maximum absolute atomic E-state index is 9.73. The molecule has 3 aliphatic rings. The zero-order chi connectivity index (χ0) is 20.3. The normalized spacial score (nSPS) is 30.0. The minimum absolute atomic E-state index is 0.152. The molecule has 0 unspecified atom stereocenters. The fourth-order valence-corrected chi connectivity index (χ4v) is 5.59. The lowest BCUT2D eigenvalue weighted by molar-refractivity contribution is 0.0368. The van der Waals surface area contributed by atoms with E-state index >= 15 is 0 Å². The molecule has 0 amide bonds. The molecule has 2 aliphatic heterocycles. The lowest BCUT2D eigenvalue weighted by Gasteiger charge is -2.44. The molecule has 5 rings (SSSR count). The number of fused-ring (bicyclic) bond motifs is 2. The van der Waals surface area contributed by atoms with Gasteiger partial charge in [0.25, 0.3) is 0 Å². The molecule has 0 spiro atoms. The van der Waals surface area contributed by atoms with Gasteiger partial charge in [0.05, 0.1) is 12.7 Å². The summed E-state index contributed by atoms with van der Waals surface area (Å²) in [6.45, 7) is 3.29. The lowest BCUT2D eigenvalue weighted by Crippen LogP contribution is -2.49. The maximum atomic E-state index is 9.73. The zero-order valence-corrected chi connectivity index (χ0v) is 17.8. The molecule has 2 aromatic rings. The largest absolute Gasteiger partial charge is 0.491 e. The molecule has 2 atom stereocenters. The predicted octanol–water partition coefficient (Wildman–Crippen LogP) is 3.99. The van der Waals surface area contributed by atoms with E-state index in [2.05, 4.69) is 15.2 Å². The highest BCUT2D eigenvalue weighted by atomic mass is 16.5. The number of nitrogens with zero attached hydrogens (tertiary/aromatic N) is 3. The van der Waals surface area contributed by atoms with Crippen LogP contribution in [0.25, 0.3) is 10.9 Å². The van der Waals surface area contributed by atoms with Crippen molar-refractivity contribution in [2.45, 2.75) is 76.0 Å². The van der Waals surface area contributed by atoms with E-state index in [1.807, 2.05) is 24.4 Å². The number of ether oxygens (including phenoxy) is 1. The summed E-state index contributed by atoms with van der Waals surface area (Å²) in [5.74, 6) is 2.14. The average Bonchev–Trinajstić information content (AvgIpc) is 2.79. The molecule has 3 heterocycles. The second-order valence-electron chi connectivity index (χ2n) is 9.35. The first-order chi connectivity index (χ1) is 14.8. The number of rotatable bonds is 5. The van der Waals surface area contributed by atoms with Crippen LogP contribution in [0.5, 0.6) is 5.75 Å². The summed E-state index contributed by atoms with van der Waals surface area (Å²) in [7, 11) is 0. The summed E-state index contributed by atoms with van der Waals surface area (Å²) >= 11 is 0. The van der Waals surface area contributed by atoms with Crippen LogP contribution in [0.2, 0.25) is 0 Å². The first-order valence-corrected chi connectivity index (χ1v) is 11.8. The van der Waals surface area contributed by atoms with Gasteiger partial charge in [0.2, 0.25) is 5.95 Å². The van der Waals surface area contributed by atoms with Gasteiger partial charge in [0.1, 0.15) is 11.3 Å². The first kappa shape index (κ1) is 20.0. The number of hydrogen-bond donors (Lipinski definition) is 2. The molecular formula is C24H34N4O2. The van der Waals surface area contributed by atoms with Gasteiger partial charge in [-0.1, -0.05) is 18.6 Å². The van der Waals surface area contributed by atoms with E-state index in [1.165, 1.54) is 45.2 Å². The Hall–Kier alpha value is -1.92. The number of para-hydroxylation sites is 1. The van der Waals surface area contributed by atoms with Crippen molar-refractivity contribution in [2.75, 3.05) is 25.0 Å². The topological polar surface area (TPSA) is 70.5 Å². The van der Waals surface area contributed by atoms with Gasteiger partial charge in [-0.15, -0.1) is 0 Å². The second kappa shape index (κ2) is 9.06. The quantitative estimate of drug-likeness (QED) is 0.777. The van der Waals surface area contributed by atoms with E-state index in [0.29, 0.717) is 23.9 Å². The van der Waals surface area contributed by atoms with E-state index in [9.17, 15) is 5.11 Å². The third-order valence-electron chi connectivity index (χ3n) is 7.29.